The summed E-state index contributed by atoms with van der Waals surface area (Å²) in [6, 6.07) is 0. The van der Waals surface area contributed by atoms with Crippen LogP contribution in [-0.4, -0.2) is 21.3 Å². The monoisotopic (exact) mass is 442 g/mol. The number of rotatable bonds is 4. The summed E-state index contributed by atoms with van der Waals surface area (Å²) in [5, 5.41) is 4.31. The lowest BCUT2D eigenvalue weighted by molar-refractivity contribution is 0.500. The van der Waals surface area contributed by atoms with Gasteiger partial charge in [0.05, 0.1) is 0 Å². The van der Waals surface area contributed by atoms with E-state index in [0.29, 0.717) is 5.41 Å². The molecule has 4 heteroatoms. The number of alkyl halides is 4. The summed E-state index contributed by atoms with van der Waals surface area (Å²) in [6.07, 6.45) is 0. The van der Waals surface area contributed by atoms with E-state index in [9.17, 15) is 0 Å². The van der Waals surface area contributed by atoms with E-state index in [4.69, 9.17) is 0 Å². The van der Waals surface area contributed by atoms with E-state index in [1.54, 1.807) is 0 Å². The fourth-order valence-electron chi connectivity index (χ4n) is 0.0770. The smallest absolute Gasteiger partial charge is 0.00906 e. The molecule has 0 aromatic carbocycles. The highest BCUT2D eigenvalue weighted by Crippen LogP contribution is 2.19. The first-order valence-electron chi connectivity index (χ1n) is 4.17. The number of hydrogen-bond acceptors (Lipinski definition) is 0. The lowest BCUT2D eigenvalue weighted by Crippen LogP contribution is -2.13. The molecule has 0 unspecified atom stereocenters. The molecule has 0 saturated heterocycles. The quantitative estimate of drug-likeness (QED) is 0.521. The minimum absolute atomic E-state index is 0.417. The van der Waals surface area contributed by atoms with Gasteiger partial charge in [-0.15, -0.1) is 0 Å². The van der Waals surface area contributed by atoms with E-state index in [2.05, 4.69) is 84.5 Å². The van der Waals surface area contributed by atoms with Gasteiger partial charge in [0, 0.05) is 21.3 Å². The topological polar surface area (TPSA) is 0 Å². The molecule has 0 fully saturated rings. The van der Waals surface area contributed by atoms with Gasteiger partial charge in [-0.1, -0.05) is 84.5 Å². The molecule has 0 aliphatic rings. The molecule has 0 nitrogen and oxygen atoms in total. The SMILES string of the molecule is CC(C)(CBr)CBr.CC(CBr)CBr. The van der Waals surface area contributed by atoms with Gasteiger partial charge in [0.1, 0.15) is 0 Å². The predicted molar refractivity (Wildman–Crippen MR) is 78.1 cm³/mol. The molecule has 0 saturated carbocycles. The van der Waals surface area contributed by atoms with E-state index in [0.717, 1.165) is 27.2 Å². The second kappa shape index (κ2) is 10.4. The molecule has 0 aliphatic heterocycles. The standard InChI is InChI=1S/C5H10Br2.C4H8Br2/c1-5(2,3-6)4-7;1-4(2-5)3-6/h3-4H2,1-2H3;4H,2-3H2,1H3. The Morgan fingerprint density at radius 3 is 1.23 bits per heavy atom. The average Bonchev–Trinajstić information content (AvgIpc) is 2.17. The van der Waals surface area contributed by atoms with Crippen molar-refractivity contribution in [1.29, 1.82) is 0 Å². The summed E-state index contributed by atoms with van der Waals surface area (Å²) in [4.78, 5) is 0. The highest BCUT2D eigenvalue weighted by molar-refractivity contribution is 9.10. The van der Waals surface area contributed by atoms with Crippen molar-refractivity contribution in [2.24, 2.45) is 11.3 Å². The molecule has 0 aromatic rings. The first-order chi connectivity index (χ1) is 5.93. The summed E-state index contributed by atoms with van der Waals surface area (Å²) < 4.78 is 0. The normalized spacial score (nSPS) is 11.1. The second-order valence-electron chi connectivity index (χ2n) is 3.85. The highest BCUT2D eigenvalue weighted by atomic mass is 79.9. The molecule has 82 valence electrons. The van der Waals surface area contributed by atoms with Crippen molar-refractivity contribution in [3.05, 3.63) is 0 Å². The summed E-state index contributed by atoms with van der Waals surface area (Å²) in [5.74, 6) is 0.769. The summed E-state index contributed by atoms with van der Waals surface area (Å²) in [7, 11) is 0. The third-order valence-electron chi connectivity index (χ3n) is 1.25. The summed E-state index contributed by atoms with van der Waals surface area (Å²) >= 11 is 13.5. The van der Waals surface area contributed by atoms with E-state index in [1.807, 2.05) is 0 Å². The highest BCUT2D eigenvalue weighted by Gasteiger charge is 2.12. The number of halogens is 4. The molecule has 0 radical (unpaired) electrons. The van der Waals surface area contributed by atoms with Crippen LogP contribution in [0.3, 0.4) is 0 Å². The first-order valence-corrected chi connectivity index (χ1v) is 8.66. The molecule has 0 heterocycles. The van der Waals surface area contributed by atoms with Gasteiger partial charge in [-0.2, -0.15) is 0 Å². The Hall–Kier alpha value is 1.92. The Labute approximate surface area is 116 Å². The van der Waals surface area contributed by atoms with Crippen LogP contribution in [0.25, 0.3) is 0 Å². The largest absolute Gasteiger partial charge is 0.0925 e. The van der Waals surface area contributed by atoms with E-state index in [1.165, 1.54) is 0 Å². The van der Waals surface area contributed by atoms with Gasteiger partial charge < -0.3 is 0 Å². The van der Waals surface area contributed by atoms with Crippen LogP contribution >= 0.6 is 63.7 Å². The molecule has 0 rings (SSSR count). The molecule has 0 spiro atoms. The van der Waals surface area contributed by atoms with Crippen LogP contribution in [0.5, 0.6) is 0 Å². The zero-order valence-corrected chi connectivity index (χ0v) is 14.8. The van der Waals surface area contributed by atoms with Crippen LogP contribution in [0.15, 0.2) is 0 Å². The van der Waals surface area contributed by atoms with Crippen molar-refractivity contribution >= 4 is 63.7 Å². The Balaban J connectivity index is 0. The fraction of sp³-hybridized carbons (Fsp3) is 1.00. The number of hydrogen-bond donors (Lipinski definition) is 0. The molecule has 0 aliphatic carbocycles. The van der Waals surface area contributed by atoms with Crippen LogP contribution in [0, 0.1) is 11.3 Å². The lowest BCUT2D eigenvalue weighted by Gasteiger charge is -2.16. The molecule has 13 heavy (non-hydrogen) atoms. The van der Waals surface area contributed by atoms with Gasteiger partial charge in [-0.25, -0.2) is 0 Å². The Kier molecular flexibility index (Phi) is 13.9. The first kappa shape index (κ1) is 17.3. The molecule has 0 bridgehead atoms. The van der Waals surface area contributed by atoms with Crippen molar-refractivity contribution in [3.63, 3.8) is 0 Å². The molecule has 0 atom stereocenters. The van der Waals surface area contributed by atoms with Gasteiger partial charge in [-0.05, 0) is 11.3 Å². The van der Waals surface area contributed by atoms with Crippen molar-refractivity contribution in [3.8, 4) is 0 Å². The lowest BCUT2D eigenvalue weighted by atomic mass is 10.0. The van der Waals surface area contributed by atoms with Crippen LogP contribution in [-0.2, 0) is 0 Å². The van der Waals surface area contributed by atoms with Crippen LogP contribution in [0.1, 0.15) is 20.8 Å². The fourth-order valence-corrected chi connectivity index (χ4v) is 2.08. The molecular weight excluding hydrogens is 428 g/mol. The minimum atomic E-state index is 0.417. The van der Waals surface area contributed by atoms with Gasteiger partial charge in [-0.3, -0.25) is 0 Å². The van der Waals surface area contributed by atoms with Crippen LogP contribution in [0.2, 0.25) is 0 Å². The average molecular weight is 446 g/mol. The third-order valence-corrected chi connectivity index (χ3v) is 6.50. The maximum atomic E-state index is 3.40. The Bertz CT molecular complexity index is 93.8. The zero-order chi connectivity index (χ0) is 10.9. The Morgan fingerprint density at radius 2 is 1.23 bits per heavy atom. The van der Waals surface area contributed by atoms with Gasteiger partial charge >= 0.3 is 0 Å². The zero-order valence-electron chi connectivity index (χ0n) is 8.42. The summed E-state index contributed by atoms with van der Waals surface area (Å²) in [6.45, 7) is 6.59. The maximum Gasteiger partial charge on any atom is 0.00906 e. The molecular formula is C9H18Br4. The second-order valence-corrected chi connectivity index (χ2v) is 6.26. The maximum absolute atomic E-state index is 3.40. The van der Waals surface area contributed by atoms with Crippen LogP contribution < -0.4 is 0 Å². The van der Waals surface area contributed by atoms with Gasteiger partial charge in [0.15, 0.2) is 0 Å². The molecule has 0 aromatic heterocycles. The van der Waals surface area contributed by atoms with Gasteiger partial charge in [0.25, 0.3) is 0 Å². The van der Waals surface area contributed by atoms with Crippen molar-refractivity contribution in [2.75, 3.05) is 21.3 Å². The predicted octanol–water partition coefficient (Wildman–Crippen LogP) is 5.21. The third kappa shape index (κ3) is 13.9. The van der Waals surface area contributed by atoms with Gasteiger partial charge in [0.2, 0.25) is 0 Å². The van der Waals surface area contributed by atoms with E-state index in [-0.39, 0.29) is 0 Å². The van der Waals surface area contributed by atoms with Crippen LogP contribution in [0.4, 0.5) is 0 Å². The minimum Gasteiger partial charge on any atom is -0.0925 e. The van der Waals surface area contributed by atoms with Crippen molar-refractivity contribution in [1.82, 2.24) is 0 Å². The van der Waals surface area contributed by atoms with Crippen molar-refractivity contribution < 1.29 is 0 Å². The van der Waals surface area contributed by atoms with Crippen molar-refractivity contribution in [2.45, 2.75) is 20.8 Å². The van der Waals surface area contributed by atoms with E-state index < -0.39 is 0 Å². The van der Waals surface area contributed by atoms with E-state index >= 15 is 0 Å². The molecule has 0 amide bonds. The molecule has 0 N–H and O–H groups in total. The summed E-state index contributed by atoms with van der Waals surface area (Å²) in [5.41, 5.74) is 0.417. The Morgan fingerprint density at radius 1 is 0.923 bits per heavy atom.